The van der Waals surface area contributed by atoms with Gasteiger partial charge >= 0.3 is 11.9 Å². The topological polar surface area (TPSA) is 147 Å². The lowest BCUT2D eigenvalue weighted by Gasteiger charge is -2.10. The fourth-order valence-corrected chi connectivity index (χ4v) is 3.70. The molecule has 0 saturated heterocycles. The molecular weight excluding hydrogens is 508 g/mol. The Bertz CT molecular complexity index is 672. The van der Waals surface area contributed by atoms with Crippen LogP contribution in [0.4, 0.5) is 0 Å². The number of carboxylic acid groups (broad SMARTS) is 2. The zero-order chi connectivity index (χ0) is 30.9. The summed E-state index contributed by atoms with van der Waals surface area (Å²) < 4.78 is 0. The molecule has 234 valence electrons. The number of nitrogens with one attached hydrogen (secondary N) is 1. The number of allylic oxidation sites excluding steroid dienone is 3. The Morgan fingerprint density at radius 3 is 1.40 bits per heavy atom. The predicted molar refractivity (Wildman–Crippen MR) is 165 cm³/mol. The van der Waals surface area contributed by atoms with Crippen LogP contribution in [0.2, 0.25) is 0 Å². The fourth-order valence-electron chi connectivity index (χ4n) is 3.70. The van der Waals surface area contributed by atoms with Crippen LogP contribution in [-0.2, 0) is 19.2 Å². The standard InChI is InChI=1S/C16H29NO3.C14H26O2.C2H5NO/c1-3-15(17-14(2)18)12-10-8-6-4-5-7-9-11-13-16(19)20;1-2-3-4-5-6-7-8-9-10-11-12-13-14(15)16;1-2(3)4/h10,12,15H,3-9,11,13H2,1-2H3,(H,17,18)(H,19,20);4-5H,2-3,6-13H2,1H3,(H,15,16);1H3,(H2,3,4)/b12-10+;5-4+;. The first-order valence-electron chi connectivity index (χ1n) is 15.3. The highest BCUT2D eigenvalue weighted by Crippen LogP contribution is 2.10. The number of amides is 2. The smallest absolute Gasteiger partial charge is 0.303 e. The van der Waals surface area contributed by atoms with E-state index in [1.54, 1.807) is 6.92 Å². The molecule has 0 aromatic rings. The second-order valence-electron chi connectivity index (χ2n) is 10.1. The number of nitrogens with two attached hydrogens (primary N) is 1. The summed E-state index contributed by atoms with van der Waals surface area (Å²) in [5.41, 5.74) is 4.47. The number of carbonyl (C=O) groups excluding carboxylic acids is 2. The van der Waals surface area contributed by atoms with E-state index < -0.39 is 11.9 Å². The van der Waals surface area contributed by atoms with Gasteiger partial charge in [0.05, 0.1) is 0 Å². The van der Waals surface area contributed by atoms with Crippen molar-refractivity contribution < 1.29 is 29.4 Å². The molecule has 8 nitrogen and oxygen atoms in total. The average Bonchev–Trinajstić information content (AvgIpc) is 2.87. The molecule has 0 aliphatic heterocycles. The van der Waals surface area contributed by atoms with Gasteiger partial charge in [0.1, 0.15) is 0 Å². The minimum absolute atomic E-state index is 0.0165. The average molecular weight is 569 g/mol. The van der Waals surface area contributed by atoms with Crippen molar-refractivity contribution in [2.75, 3.05) is 0 Å². The first kappa shape index (κ1) is 41.8. The van der Waals surface area contributed by atoms with Gasteiger partial charge in [0.15, 0.2) is 0 Å². The summed E-state index contributed by atoms with van der Waals surface area (Å²) in [6, 6.07) is 0.156. The Balaban J connectivity index is -0.000000614. The lowest BCUT2D eigenvalue weighted by molar-refractivity contribution is -0.138. The fraction of sp³-hybridized carbons (Fsp3) is 0.750. The van der Waals surface area contributed by atoms with Crippen molar-refractivity contribution in [3.8, 4) is 0 Å². The van der Waals surface area contributed by atoms with E-state index in [0.717, 1.165) is 51.4 Å². The molecule has 0 aliphatic carbocycles. The van der Waals surface area contributed by atoms with E-state index in [-0.39, 0.29) is 17.9 Å². The molecule has 1 unspecified atom stereocenters. The molecule has 2 amide bonds. The molecular formula is C32H60N2O6. The van der Waals surface area contributed by atoms with E-state index in [1.807, 2.05) is 0 Å². The van der Waals surface area contributed by atoms with Gasteiger partial charge in [-0.3, -0.25) is 19.2 Å². The molecule has 40 heavy (non-hydrogen) atoms. The SMILES string of the molecule is CC(N)=O.CCC(/C=C/CCCCCCCCC(=O)O)NC(C)=O.CCC/C=C/CCCCCCCCC(=O)O. The Morgan fingerprint density at radius 2 is 1.02 bits per heavy atom. The van der Waals surface area contributed by atoms with E-state index >= 15 is 0 Å². The molecule has 0 saturated carbocycles. The van der Waals surface area contributed by atoms with Gasteiger partial charge in [-0.15, -0.1) is 0 Å². The van der Waals surface area contributed by atoms with Gasteiger partial charge in [-0.2, -0.15) is 0 Å². The summed E-state index contributed by atoms with van der Waals surface area (Å²) in [4.78, 5) is 40.7. The van der Waals surface area contributed by atoms with Gasteiger partial charge in [0.25, 0.3) is 0 Å². The van der Waals surface area contributed by atoms with Gasteiger partial charge in [0, 0.05) is 32.7 Å². The number of aliphatic carboxylic acids is 2. The molecule has 0 aliphatic rings. The van der Waals surface area contributed by atoms with Crippen LogP contribution in [0.5, 0.6) is 0 Å². The molecule has 0 bridgehead atoms. The Kier molecular flexibility index (Phi) is 36.0. The number of hydrogen-bond donors (Lipinski definition) is 4. The van der Waals surface area contributed by atoms with Crippen LogP contribution < -0.4 is 11.1 Å². The van der Waals surface area contributed by atoms with Crippen LogP contribution in [0.25, 0.3) is 0 Å². The molecule has 0 rings (SSSR count). The molecule has 5 N–H and O–H groups in total. The summed E-state index contributed by atoms with van der Waals surface area (Å²) in [6.07, 6.45) is 28.4. The zero-order valence-electron chi connectivity index (χ0n) is 25.9. The Morgan fingerprint density at radius 1 is 0.650 bits per heavy atom. The van der Waals surface area contributed by atoms with Gasteiger partial charge in [-0.25, -0.2) is 0 Å². The summed E-state index contributed by atoms with van der Waals surface area (Å²) in [5.74, 6) is -1.68. The molecule has 8 heteroatoms. The third-order valence-electron chi connectivity index (χ3n) is 5.84. The molecule has 0 radical (unpaired) electrons. The van der Waals surface area contributed by atoms with Gasteiger partial charge in [-0.05, 0) is 51.4 Å². The number of rotatable bonds is 23. The van der Waals surface area contributed by atoms with Crippen molar-refractivity contribution in [3.63, 3.8) is 0 Å². The second kappa shape index (κ2) is 34.4. The van der Waals surface area contributed by atoms with E-state index in [2.05, 4.69) is 49.2 Å². The Labute approximate surface area is 244 Å². The number of hydrogen-bond acceptors (Lipinski definition) is 4. The first-order valence-corrected chi connectivity index (χ1v) is 15.3. The van der Waals surface area contributed by atoms with Crippen LogP contribution in [0.1, 0.15) is 150 Å². The van der Waals surface area contributed by atoms with Crippen molar-refractivity contribution in [1.82, 2.24) is 5.32 Å². The van der Waals surface area contributed by atoms with Crippen molar-refractivity contribution >= 4 is 23.8 Å². The van der Waals surface area contributed by atoms with E-state index in [4.69, 9.17) is 10.2 Å². The molecule has 1 atom stereocenters. The highest BCUT2D eigenvalue weighted by atomic mass is 16.4. The summed E-state index contributed by atoms with van der Waals surface area (Å²) in [5, 5.41) is 19.8. The maximum Gasteiger partial charge on any atom is 0.303 e. The highest BCUT2D eigenvalue weighted by Gasteiger charge is 2.01. The minimum Gasteiger partial charge on any atom is -0.481 e. The number of carboxylic acids is 2. The maximum absolute atomic E-state index is 10.9. The van der Waals surface area contributed by atoms with Crippen LogP contribution in [-0.4, -0.2) is 40.0 Å². The van der Waals surface area contributed by atoms with Crippen molar-refractivity contribution in [2.24, 2.45) is 5.73 Å². The van der Waals surface area contributed by atoms with Crippen LogP contribution in [0.15, 0.2) is 24.3 Å². The van der Waals surface area contributed by atoms with Crippen LogP contribution >= 0.6 is 0 Å². The largest absolute Gasteiger partial charge is 0.481 e. The first-order chi connectivity index (χ1) is 19.1. The summed E-state index contributed by atoms with van der Waals surface area (Å²) in [6.45, 7) is 7.10. The number of primary amides is 1. The van der Waals surface area contributed by atoms with Crippen molar-refractivity contribution in [2.45, 2.75) is 156 Å². The zero-order valence-corrected chi connectivity index (χ0v) is 25.9. The summed E-state index contributed by atoms with van der Waals surface area (Å²) >= 11 is 0. The Hall–Kier alpha value is -2.64. The number of carbonyl (C=O) groups is 4. The normalized spacial score (nSPS) is 11.3. The van der Waals surface area contributed by atoms with E-state index in [9.17, 15) is 19.2 Å². The molecule has 0 fully saturated rings. The molecule has 0 heterocycles. The molecule has 0 aromatic heterocycles. The van der Waals surface area contributed by atoms with Crippen LogP contribution in [0.3, 0.4) is 0 Å². The third-order valence-corrected chi connectivity index (χ3v) is 5.84. The molecule has 0 spiro atoms. The van der Waals surface area contributed by atoms with Gasteiger partial charge < -0.3 is 21.3 Å². The predicted octanol–water partition coefficient (Wildman–Crippen LogP) is 7.70. The monoisotopic (exact) mass is 568 g/mol. The summed E-state index contributed by atoms with van der Waals surface area (Å²) in [7, 11) is 0. The molecule has 0 aromatic carbocycles. The second-order valence-corrected chi connectivity index (χ2v) is 10.1. The van der Waals surface area contributed by atoms with Gasteiger partial charge in [0.2, 0.25) is 11.8 Å². The van der Waals surface area contributed by atoms with E-state index in [1.165, 1.54) is 64.7 Å². The van der Waals surface area contributed by atoms with Crippen LogP contribution in [0, 0.1) is 0 Å². The lowest BCUT2D eigenvalue weighted by Crippen LogP contribution is -2.30. The maximum atomic E-state index is 10.9. The van der Waals surface area contributed by atoms with Crippen molar-refractivity contribution in [1.29, 1.82) is 0 Å². The quantitative estimate of drug-likeness (QED) is 0.0733. The lowest BCUT2D eigenvalue weighted by atomic mass is 10.1. The third kappa shape index (κ3) is 48.4. The number of unbranched alkanes of at least 4 members (excludes halogenated alkanes) is 13. The highest BCUT2D eigenvalue weighted by molar-refractivity contribution is 5.73. The van der Waals surface area contributed by atoms with E-state index in [0.29, 0.717) is 12.8 Å². The van der Waals surface area contributed by atoms with Gasteiger partial charge in [-0.1, -0.05) is 95.9 Å². The van der Waals surface area contributed by atoms with Crippen molar-refractivity contribution in [3.05, 3.63) is 24.3 Å². The minimum atomic E-state index is -0.695.